The molecule has 1 heterocycles. The number of ether oxygens (including phenoxy) is 1. The van der Waals surface area contributed by atoms with Crippen molar-refractivity contribution in [1.29, 1.82) is 0 Å². The highest BCUT2D eigenvalue weighted by Crippen LogP contribution is 2.28. The Morgan fingerprint density at radius 2 is 2.33 bits per heavy atom. The topological polar surface area (TPSA) is 85.4 Å². The highest BCUT2D eigenvalue weighted by Gasteiger charge is 2.26. The highest BCUT2D eigenvalue weighted by atomic mass is 32.1. The fraction of sp³-hybridized carbons (Fsp3) is 0.556. The Bertz CT molecular complexity index is 362. The second-order valence-electron chi connectivity index (χ2n) is 3.61. The minimum atomic E-state index is -1.08. The van der Waals surface area contributed by atoms with Crippen LogP contribution in [0.25, 0.3) is 0 Å². The molecule has 0 saturated heterocycles. The van der Waals surface area contributed by atoms with Crippen LogP contribution in [-0.2, 0) is 15.1 Å². The van der Waals surface area contributed by atoms with Crippen LogP contribution in [0.2, 0.25) is 0 Å². The quantitative estimate of drug-likeness (QED) is 0.809. The summed E-state index contributed by atoms with van der Waals surface area (Å²) in [5, 5.41) is 11.1. The lowest BCUT2D eigenvalue weighted by atomic mass is 10.1. The van der Waals surface area contributed by atoms with E-state index in [2.05, 4.69) is 4.98 Å². The van der Waals surface area contributed by atoms with Crippen LogP contribution in [0.1, 0.15) is 30.6 Å². The summed E-state index contributed by atoms with van der Waals surface area (Å²) < 4.78 is 5.24. The normalized spacial score (nSPS) is 13.9. The fourth-order valence-corrected chi connectivity index (χ4v) is 1.88. The largest absolute Gasteiger partial charge is 0.480 e. The Morgan fingerprint density at radius 3 is 2.80 bits per heavy atom. The molecule has 5 nitrogen and oxygen atoms in total. The van der Waals surface area contributed by atoms with Crippen molar-refractivity contribution in [2.45, 2.75) is 25.5 Å². The second-order valence-corrected chi connectivity index (χ2v) is 4.47. The number of aliphatic carboxylic acids is 1. The number of rotatable bonds is 4. The van der Waals surface area contributed by atoms with E-state index in [0.29, 0.717) is 5.69 Å². The van der Waals surface area contributed by atoms with Gasteiger partial charge in [-0.05, 0) is 13.8 Å². The maximum Gasteiger partial charge on any atom is 0.326 e. The van der Waals surface area contributed by atoms with E-state index in [4.69, 9.17) is 15.6 Å². The minimum Gasteiger partial charge on any atom is -0.480 e. The van der Waals surface area contributed by atoms with Gasteiger partial charge in [-0.1, -0.05) is 0 Å². The third kappa shape index (κ3) is 2.53. The van der Waals surface area contributed by atoms with Crippen molar-refractivity contribution in [2.24, 2.45) is 5.73 Å². The van der Waals surface area contributed by atoms with E-state index >= 15 is 0 Å². The number of carboxylic acid groups (broad SMARTS) is 1. The third-order valence-corrected chi connectivity index (χ3v) is 3.30. The van der Waals surface area contributed by atoms with Gasteiger partial charge in [0.15, 0.2) is 0 Å². The van der Waals surface area contributed by atoms with Gasteiger partial charge in [-0.2, -0.15) is 0 Å². The Balaban J connectivity index is 2.95. The van der Waals surface area contributed by atoms with Gasteiger partial charge in [0.2, 0.25) is 0 Å². The predicted molar refractivity (Wildman–Crippen MR) is 56.7 cm³/mol. The van der Waals surface area contributed by atoms with E-state index < -0.39 is 17.6 Å². The van der Waals surface area contributed by atoms with Crippen LogP contribution in [-0.4, -0.2) is 23.2 Å². The van der Waals surface area contributed by atoms with Gasteiger partial charge in [0.25, 0.3) is 0 Å². The molecule has 0 aromatic carbocycles. The summed E-state index contributed by atoms with van der Waals surface area (Å²) in [6, 6.07) is -1.07. The first kappa shape index (κ1) is 12.1. The molecule has 3 N–H and O–H groups in total. The van der Waals surface area contributed by atoms with Gasteiger partial charge in [-0.25, -0.2) is 4.98 Å². The standard InChI is InChI=1S/C9H14N2O3S/c1-9(2,14-3)8-11-5(4-15-8)6(10)7(12)13/h4,6H,10H2,1-3H3,(H,12,13). The van der Waals surface area contributed by atoms with Gasteiger partial charge < -0.3 is 15.6 Å². The molecule has 6 heteroatoms. The van der Waals surface area contributed by atoms with Crippen molar-refractivity contribution in [3.8, 4) is 0 Å². The van der Waals surface area contributed by atoms with Crippen LogP contribution in [0.15, 0.2) is 5.38 Å². The van der Waals surface area contributed by atoms with Gasteiger partial charge in [-0.15, -0.1) is 11.3 Å². The van der Waals surface area contributed by atoms with E-state index in [1.54, 1.807) is 12.5 Å². The number of aromatic nitrogens is 1. The first-order valence-electron chi connectivity index (χ1n) is 4.38. The number of carbonyl (C=O) groups is 1. The molecular formula is C9H14N2O3S. The predicted octanol–water partition coefficient (Wildman–Crippen LogP) is 1.11. The van der Waals surface area contributed by atoms with Gasteiger partial charge in [0.1, 0.15) is 16.7 Å². The number of nitrogens with two attached hydrogens (primary N) is 1. The smallest absolute Gasteiger partial charge is 0.326 e. The summed E-state index contributed by atoms with van der Waals surface area (Å²) in [7, 11) is 1.58. The van der Waals surface area contributed by atoms with Gasteiger partial charge in [0, 0.05) is 12.5 Å². The molecular weight excluding hydrogens is 216 g/mol. The van der Waals surface area contributed by atoms with Crippen molar-refractivity contribution in [1.82, 2.24) is 4.98 Å². The monoisotopic (exact) mass is 230 g/mol. The number of thiazole rings is 1. The summed E-state index contributed by atoms with van der Waals surface area (Å²) in [5.74, 6) is -1.08. The Labute approximate surface area is 91.9 Å². The number of hydrogen-bond acceptors (Lipinski definition) is 5. The summed E-state index contributed by atoms with van der Waals surface area (Å²) >= 11 is 1.35. The van der Waals surface area contributed by atoms with E-state index in [-0.39, 0.29) is 0 Å². The van der Waals surface area contributed by atoms with Crippen LogP contribution >= 0.6 is 11.3 Å². The molecule has 84 valence electrons. The molecule has 1 rings (SSSR count). The third-order valence-electron chi connectivity index (χ3n) is 2.13. The minimum absolute atomic E-state index is 0.368. The van der Waals surface area contributed by atoms with Gasteiger partial charge in [-0.3, -0.25) is 4.79 Å². The van der Waals surface area contributed by atoms with Crippen molar-refractivity contribution in [3.05, 3.63) is 16.1 Å². The zero-order valence-corrected chi connectivity index (χ0v) is 9.67. The molecule has 15 heavy (non-hydrogen) atoms. The van der Waals surface area contributed by atoms with E-state index in [1.807, 2.05) is 13.8 Å². The lowest BCUT2D eigenvalue weighted by molar-refractivity contribution is -0.138. The fourth-order valence-electron chi connectivity index (χ4n) is 0.919. The average Bonchev–Trinajstić information content (AvgIpc) is 2.65. The highest BCUT2D eigenvalue weighted by molar-refractivity contribution is 7.09. The van der Waals surface area contributed by atoms with Crippen molar-refractivity contribution >= 4 is 17.3 Å². The molecule has 1 aromatic heterocycles. The lowest BCUT2D eigenvalue weighted by Crippen LogP contribution is -2.23. The average molecular weight is 230 g/mol. The van der Waals surface area contributed by atoms with E-state index in [0.717, 1.165) is 5.01 Å². The second kappa shape index (κ2) is 4.26. The summed E-state index contributed by atoms with van der Waals surface area (Å²) in [6.07, 6.45) is 0. The SMILES string of the molecule is COC(C)(C)c1nc(C(N)C(=O)O)cs1. The van der Waals surface area contributed by atoms with Gasteiger partial charge in [0.05, 0.1) is 5.69 Å². The zero-order valence-electron chi connectivity index (χ0n) is 8.85. The first-order valence-corrected chi connectivity index (χ1v) is 5.26. The van der Waals surface area contributed by atoms with Crippen molar-refractivity contribution < 1.29 is 14.6 Å². The Hall–Kier alpha value is -0.980. The van der Waals surface area contributed by atoms with Crippen molar-refractivity contribution in [2.75, 3.05) is 7.11 Å². The Morgan fingerprint density at radius 1 is 1.73 bits per heavy atom. The summed E-state index contributed by atoms with van der Waals surface area (Å²) in [5.41, 5.74) is 5.30. The molecule has 1 atom stereocenters. The van der Waals surface area contributed by atoms with Crippen LogP contribution in [0.3, 0.4) is 0 Å². The van der Waals surface area contributed by atoms with Crippen molar-refractivity contribution in [3.63, 3.8) is 0 Å². The molecule has 0 aliphatic heterocycles. The van der Waals surface area contributed by atoms with Crippen LogP contribution in [0.5, 0.6) is 0 Å². The molecule has 0 saturated carbocycles. The number of methoxy groups -OCH3 is 1. The summed E-state index contributed by atoms with van der Waals surface area (Å²) in [6.45, 7) is 3.73. The summed E-state index contributed by atoms with van der Waals surface area (Å²) in [4.78, 5) is 14.8. The number of hydrogen-bond donors (Lipinski definition) is 2. The van der Waals surface area contributed by atoms with Crippen LogP contribution < -0.4 is 5.73 Å². The molecule has 0 fully saturated rings. The first-order chi connectivity index (χ1) is 6.88. The molecule has 1 unspecified atom stereocenters. The zero-order chi connectivity index (χ0) is 11.6. The van der Waals surface area contributed by atoms with E-state index in [1.165, 1.54) is 11.3 Å². The molecule has 1 aromatic rings. The molecule has 0 aliphatic carbocycles. The van der Waals surface area contributed by atoms with Crippen LogP contribution in [0, 0.1) is 0 Å². The number of nitrogens with zero attached hydrogens (tertiary/aromatic N) is 1. The number of carboxylic acids is 1. The maximum absolute atomic E-state index is 10.6. The molecule has 0 aliphatic rings. The molecule has 0 radical (unpaired) electrons. The molecule has 0 amide bonds. The maximum atomic E-state index is 10.6. The lowest BCUT2D eigenvalue weighted by Gasteiger charge is -2.19. The van der Waals surface area contributed by atoms with Crippen LogP contribution in [0.4, 0.5) is 0 Å². The Kier molecular flexibility index (Phi) is 3.43. The molecule has 0 spiro atoms. The molecule has 0 bridgehead atoms. The van der Waals surface area contributed by atoms with E-state index in [9.17, 15) is 4.79 Å². The van der Waals surface area contributed by atoms with Gasteiger partial charge >= 0.3 is 5.97 Å².